The van der Waals surface area contributed by atoms with E-state index in [1.807, 2.05) is 0 Å². The Bertz CT molecular complexity index is 289. The molecule has 1 heterocycles. The average molecular weight is 240 g/mol. The number of piperazine rings is 1. The van der Waals surface area contributed by atoms with Crippen molar-refractivity contribution in [2.45, 2.75) is 38.6 Å². The molecule has 17 heavy (non-hydrogen) atoms. The largest absolute Gasteiger partial charge is 0.480 e. The molecule has 2 N–H and O–H groups in total. The molecule has 0 aromatic rings. The van der Waals surface area contributed by atoms with Crippen LogP contribution in [0.4, 0.5) is 0 Å². The topological polar surface area (TPSA) is 52.6 Å². The fraction of sp³-hybridized carbons (Fsp3) is 0.923. The standard InChI is InChI=1S/C13H24N2O2/c1-10-3-4-13(12(16)17,9-11(10)2)15-7-5-14-6-8-15/h10-11,14H,3-9H2,1-2H3,(H,16,17). The second-order valence-corrected chi connectivity index (χ2v) is 5.77. The molecule has 3 unspecified atom stereocenters. The Labute approximate surface area is 103 Å². The molecule has 3 atom stereocenters. The first-order valence-corrected chi connectivity index (χ1v) is 6.75. The Kier molecular flexibility index (Phi) is 3.73. The van der Waals surface area contributed by atoms with E-state index < -0.39 is 11.5 Å². The molecule has 2 fully saturated rings. The number of carboxylic acid groups (broad SMARTS) is 1. The van der Waals surface area contributed by atoms with Crippen molar-refractivity contribution < 1.29 is 9.90 Å². The van der Waals surface area contributed by atoms with Crippen LogP contribution in [-0.2, 0) is 4.79 Å². The first kappa shape index (κ1) is 12.8. The zero-order valence-corrected chi connectivity index (χ0v) is 10.9. The summed E-state index contributed by atoms with van der Waals surface area (Å²) in [7, 11) is 0. The van der Waals surface area contributed by atoms with Crippen molar-refractivity contribution in [3.63, 3.8) is 0 Å². The number of nitrogens with one attached hydrogen (secondary N) is 1. The molecule has 1 aliphatic carbocycles. The summed E-state index contributed by atoms with van der Waals surface area (Å²) < 4.78 is 0. The van der Waals surface area contributed by atoms with E-state index in [-0.39, 0.29) is 0 Å². The third kappa shape index (κ3) is 2.33. The number of carbonyl (C=O) groups is 1. The number of hydrogen-bond acceptors (Lipinski definition) is 3. The highest BCUT2D eigenvalue weighted by Crippen LogP contribution is 2.40. The van der Waals surface area contributed by atoms with Gasteiger partial charge in [-0.3, -0.25) is 9.69 Å². The molecule has 0 aromatic carbocycles. The summed E-state index contributed by atoms with van der Waals surface area (Å²) in [5, 5.41) is 13.0. The summed E-state index contributed by atoms with van der Waals surface area (Å²) in [4.78, 5) is 14.0. The van der Waals surface area contributed by atoms with Gasteiger partial charge in [0, 0.05) is 26.2 Å². The number of aliphatic carboxylic acids is 1. The van der Waals surface area contributed by atoms with E-state index in [0.29, 0.717) is 11.8 Å². The SMILES string of the molecule is CC1CCC(C(=O)O)(N2CCNCC2)CC1C. The van der Waals surface area contributed by atoms with Crippen LogP contribution in [0.15, 0.2) is 0 Å². The van der Waals surface area contributed by atoms with Gasteiger partial charge in [0.05, 0.1) is 0 Å². The van der Waals surface area contributed by atoms with Crippen molar-refractivity contribution in [1.82, 2.24) is 10.2 Å². The van der Waals surface area contributed by atoms with Gasteiger partial charge in [0.2, 0.25) is 0 Å². The van der Waals surface area contributed by atoms with Gasteiger partial charge in [0.25, 0.3) is 0 Å². The molecule has 0 aromatic heterocycles. The van der Waals surface area contributed by atoms with Gasteiger partial charge >= 0.3 is 5.97 Å². The minimum atomic E-state index is -0.613. The van der Waals surface area contributed by atoms with Crippen molar-refractivity contribution in [2.75, 3.05) is 26.2 Å². The summed E-state index contributed by atoms with van der Waals surface area (Å²) in [5.74, 6) is 0.554. The molecule has 2 aliphatic rings. The minimum Gasteiger partial charge on any atom is -0.480 e. The van der Waals surface area contributed by atoms with Crippen molar-refractivity contribution >= 4 is 5.97 Å². The maximum Gasteiger partial charge on any atom is 0.324 e. The Balaban J connectivity index is 2.17. The number of nitrogens with zero attached hydrogens (tertiary/aromatic N) is 1. The Morgan fingerprint density at radius 3 is 2.47 bits per heavy atom. The minimum absolute atomic E-state index is 0.509. The van der Waals surface area contributed by atoms with Gasteiger partial charge in [0.1, 0.15) is 5.54 Å². The van der Waals surface area contributed by atoms with E-state index in [9.17, 15) is 9.90 Å². The fourth-order valence-electron chi connectivity index (χ4n) is 3.30. The highest BCUT2D eigenvalue weighted by Gasteiger charge is 2.48. The third-order valence-corrected chi connectivity index (χ3v) is 4.76. The molecule has 0 amide bonds. The first-order chi connectivity index (χ1) is 8.06. The monoisotopic (exact) mass is 240 g/mol. The fourth-order valence-corrected chi connectivity index (χ4v) is 3.30. The van der Waals surface area contributed by atoms with E-state index >= 15 is 0 Å². The van der Waals surface area contributed by atoms with Gasteiger partial charge in [-0.1, -0.05) is 13.8 Å². The smallest absolute Gasteiger partial charge is 0.324 e. The van der Waals surface area contributed by atoms with Crippen LogP contribution in [-0.4, -0.2) is 47.7 Å². The third-order valence-electron chi connectivity index (χ3n) is 4.76. The van der Waals surface area contributed by atoms with Crippen LogP contribution in [0.1, 0.15) is 33.1 Å². The van der Waals surface area contributed by atoms with Crippen LogP contribution in [0.3, 0.4) is 0 Å². The molecule has 0 spiro atoms. The summed E-state index contributed by atoms with van der Waals surface area (Å²) in [6.07, 6.45) is 2.66. The molecule has 2 rings (SSSR count). The second-order valence-electron chi connectivity index (χ2n) is 5.77. The van der Waals surface area contributed by atoms with Crippen molar-refractivity contribution in [3.8, 4) is 0 Å². The lowest BCUT2D eigenvalue weighted by Gasteiger charge is -2.48. The summed E-state index contributed by atoms with van der Waals surface area (Å²) in [6, 6.07) is 0. The van der Waals surface area contributed by atoms with Crippen molar-refractivity contribution in [2.24, 2.45) is 11.8 Å². The Hall–Kier alpha value is -0.610. The van der Waals surface area contributed by atoms with Crippen LogP contribution >= 0.6 is 0 Å². The molecular weight excluding hydrogens is 216 g/mol. The molecule has 1 saturated carbocycles. The summed E-state index contributed by atoms with van der Waals surface area (Å²) in [6.45, 7) is 8.01. The van der Waals surface area contributed by atoms with Crippen LogP contribution < -0.4 is 5.32 Å². The zero-order valence-electron chi connectivity index (χ0n) is 10.9. The highest BCUT2D eigenvalue weighted by molar-refractivity contribution is 5.79. The zero-order chi connectivity index (χ0) is 12.5. The normalized spacial score (nSPS) is 40.1. The maximum absolute atomic E-state index is 11.8. The molecule has 0 radical (unpaired) electrons. The van der Waals surface area contributed by atoms with Gasteiger partial charge < -0.3 is 10.4 Å². The number of hydrogen-bond donors (Lipinski definition) is 2. The number of carboxylic acids is 1. The van der Waals surface area contributed by atoms with Gasteiger partial charge in [-0.25, -0.2) is 0 Å². The Morgan fingerprint density at radius 1 is 1.29 bits per heavy atom. The maximum atomic E-state index is 11.8. The van der Waals surface area contributed by atoms with Crippen LogP contribution in [0.25, 0.3) is 0 Å². The van der Waals surface area contributed by atoms with Crippen LogP contribution in [0.2, 0.25) is 0 Å². The molecule has 4 heteroatoms. The number of rotatable bonds is 2. The second kappa shape index (κ2) is 4.94. The van der Waals surface area contributed by atoms with Crippen molar-refractivity contribution in [3.05, 3.63) is 0 Å². The average Bonchev–Trinajstić information content (AvgIpc) is 2.33. The predicted octanol–water partition coefficient (Wildman–Crippen LogP) is 1.17. The lowest BCUT2D eigenvalue weighted by molar-refractivity contribution is -0.157. The van der Waals surface area contributed by atoms with Gasteiger partial charge in [-0.2, -0.15) is 0 Å². The van der Waals surface area contributed by atoms with E-state index in [4.69, 9.17) is 0 Å². The van der Waals surface area contributed by atoms with Crippen LogP contribution in [0.5, 0.6) is 0 Å². The quantitative estimate of drug-likeness (QED) is 0.761. The van der Waals surface area contributed by atoms with Crippen LogP contribution in [0, 0.1) is 11.8 Å². The molecule has 4 nitrogen and oxygen atoms in total. The first-order valence-electron chi connectivity index (χ1n) is 6.75. The Morgan fingerprint density at radius 2 is 1.94 bits per heavy atom. The molecular formula is C13H24N2O2. The van der Waals surface area contributed by atoms with E-state index in [1.54, 1.807) is 0 Å². The molecule has 0 bridgehead atoms. The van der Waals surface area contributed by atoms with Gasteiger partial charge in [-0.15, -0.1) is 0 Å². The lowest BCUT2D eigenvalue weighted by atomic mass is 9.70. The van der Waals surface area contributed by atoms with Gasteiger partial charge in [-0.05, 0) is 31.1 Å². The van der Waals surface area contributed by atoms with Crippen molar-refractivity contribution in [1.29, 1.82) is 0 Å². The summed E-state index contributed by atoms with van der Waals surface area (Å²) in [5.41, 5.74) is -0.589. The highest BCUT2D eigenvalue weighted by atomic mass is 16.4. The predicted molar refractivity (Wildman–Crippen MR) is 67.0 cm³/mol. The van der Waals surface area contributed by atoms with E-state index in [0.717, 1.165) is 45.4 Å². The lowest BCUT2D eigenvalue weighted by Crippen LogP contribution is -2.62. The van der Waals surface area contributed by atoms with E-state index in [2.05, 4.69) is 24.1 Å². The summed E-state index contributed by atoms with van der Waals surface area (Å²) >= 11 is 0. The molecule has 1 saturated heterocycles. The van der Waals surface area contributed by atoms with E-state index in [1.165, 1.54) is 0 Å². The van der Waals surface area contributed by atoms with Gasteiger partial charge in [0.15, 0.2) is 0 Å². The molecule has 1 aliphatic heterocycles. The molecule has 98 valence electrons.